The van der Waals surface area contributed by atoms with E-state index in [1.54, 1.807) is 81.1 Å². The van der Waals surface area contributed by atoms with Crippen molar-refractivity contribution in [3.8, 4) is 11.5 Å². The monoisotopic (exact) mass is 1340 g/mol. The van der Waals surface area contributed by atoms with E-state index in [1.807, 2.05) is 62.5 Å². The summed E-state index contributed by atoms with van der Waals surface area (Å²) >= 11 is 12.7. The minimum Gasteiger partial charge on any atom is -0.497 e. The maximum atomic E-state index is 15.1. The van der Waals surface area contributed by atoms with Crippen LogP contribution in [0.15, 0.2) is 125 Å². The number of benzene rings is 5. The quantitative estimate of drug-likeness (QED) is 0.0417. The topological polar surface area (TPSA) is 258 Å². The minimum atomic E-state index is -0.664. The van der Waals surface area contributed by atoms with E-state index in [4.69, 9.17) is 56.6 Å². The van der Waals surface area contributed by atoms with Crippen molar-refractivity contribution in [2.24, 2.45) is 4.99 Å². The van der Waals surface area contributed by atoms with E-state index in [0.29, 0.717) is 140 Å². The van der Waals surface area contributed by atoms with Crippen molar-refractivity contribution in [2.75, 3.05) is 119 Å². The zero-order chi connectivity index (χ0) is 66.8. The van der Waals surface area contributed by atoms with E-state index in [-0.39, 0.29) is 93.8 Å². The molecular formula is C68H77Cl2FN12O12. The van der Waals surface area contributed by atoms with Gasteiger partial charge in [-0.15, -0.1) is 5.10 Å². The predicted molar refractivity (Wildman–Crippen MR) is 352 cm³/mol. The number of hydrogen-bond donors (Lipinski definition) is 2. The summed E-state index contributed by atoms with van der Waals surface area (Å²) in [6, 6.07) is 29.7. The van der Waals surface area contributed by atoms with Crippen molar-refractivity contribution in [2.45, 2.75) is 64.3 Å². The van der Waals surface area contributed by atoms with Gasteiger partial charge in [0, 0.05) is 86.3 Å². The molecule has 7 aromatic rings. The Morgan fingerprint density at radius 2 is 1.39 bits per heavy atom. The van der Waals surface area contributed by atoms with E-state index in [1.165, 1.54) is 21.9 Å². The van der Waals surface area contributed by atoms with Crippen molar-refractivity contribution < 1.29 is 56.8 Å². The molecule has 3 aliphatic rings. The lowest BCUT2D eigenvalue weighted by molar-refractivity contribution is -0.139. The van der Waals surface area contributed by atoms with Gasteiger partial charge in [0.1, 0.15) is 35.7 Å². The molecule has 24 nitrogen and oxygen atoms in total. The van der Waals surface area contributed by atoms with Crippen LogP contribution in [-0.4, -0.2) is 210 Å². The first-order chi connectivity index (χ1) is 46.1. The smallest absolute Gasteiger partial charge is 0.326 e. The molecule has 95 heavy (non-hydrogen) atoms. The number of carbonyl (C=O) groups excluding carboxylic acids is 5. The summed E-state index contributed by atoms with van der Waals surface area (Å²) in [7, 11) is 1.56. The van der Waals surface area contributed by atoms with Crippen molar-refractivity contribution in [1.29, 1.82) is 0 Å². The number of methoxy groups -OCH3 is 1. The minimum absolute atomic E-state index is 0.0242. The Labute approximate surface area is 559 Å². The first-order valence-corrected chi connectivity index (χ1v) is 32.4. The number of amidine groups is 1. The van der Waals surface area contributed by atoms with Crippen LogP contribution in [0.3, 0.4) is 0 Å². The molecule has 10 rings (SSSR count). The fourth-order valence-electron chi connectivity index (χ4n) is 11.4. The van der Waals surface area contributed by atoms with Crippen LogP contribution in [0, 0.1) is 5.82 Å². The van der Waals surface area contributed by atoms with Crippen LogP contribution in [0.25, 0.3) is 10.8 Å². The fourth-order valence-corrected chi connectivity index (χ4v) is 11.7. The van der Waals surface area contributed by atoms with E-state index in [9.17, 15) is 24.0 Å². The predicted octanol–water partition coefficient (Wildman–Crippen LogP) is 7.35. The maximum Gasteiger partial charge on any atom is 0.326 e. The Morgan fingerprint density at radius 1 is 0.737 bits per heavy atom. The molecule has 2 fully saturated rings. The zero-order valence-electron chi connectivity index (χ0n) is 53.3. The number of aryl methyl sites for hydroxylation is 1. The highest BCUT2D eigenvalue weighted by Gasteiger charge is 2.46. The van der Waals surface area contributed by atoms with Crippen LogP contribution in [0.4, 0.5) is 9.18 Å². The van der Waals surface area contributed by atoms with Gasteiger partial charge >= 0.3 is 6.03 Å². The zero-order valence-corrected chi connectivity index (χ0v) is 54.8. The number of fused-ring (bicyclic) bond motifs is 1. The van der Waals surface area contributed by atoms with Crippen LogP contribution in [-0.2, 0) is 52.7 Å². The van der Waals surface area contributed by atoms with Crippen molar-refractivity contribution in [3.63, 3.8) is 0 Å². The number of rotatable bonds is 30. The summed E-state index contributed by atoms with van der Waals surface area (Å²) in [6.45, 7) is 8.31. The Hall–Kier alpha value is -8.85. The molecule has 5 aromatic carbocycles. The molecule has 2 unspecified atom stereocenters. The second-order valence-corrected chi connectivity index (χ2v) is 24.1. The van der Waals surface area contributed by atoms with E-state index in [2.05, 4.69) is 25.8 Å². The summed E-state index contributed by atoms with van der Waals surface area (Å²) in [5.74, 6) is -0.469. The molecule has 5 heterocycles. The Kier molecular flexibility index (Phi) is 24.3. The third-order valence-corrected chi connectivity index (χ3v) is 16.8. The van der Waals surface area contributed by atoms with Crippen molar-refractivity contribution >= 4 is 69.5 Å². The number of amides is 6. The van der Waals surface area contributed by atoms with Gasteiger partial charge in [-0.05, 0) is 98.0 Å². The van der Waals surface area contributed by atoms with Gasteiger partial charge in [-0.2, -0.15) is 5.10 Å². The molecule has 2 N–H and O–H groups in total. The van der Waals surface area contributed by atoms with Crippen LogP contribution in [0.2, 0.25) is 10.0 Å². The lowest BCUT2D eigenvalue weighted by Crippen LogP contribution is -2.57. The van der Waals surface area contributed by atoms with E-state index < -0.39 is 29.8 Å². The number of piperazine rings is 2. The molecule has 0 saturated carbocycles. The van der Waals surface area contributed by atoms with E-state index in [0.717, 1.165) is 16.8 Å². The summed E-state index contributed by atoms with van der Waals surface area (Å²) in [6.07, 6.45) is 3.35. The molecular weight excluding hydrogens is 1270 g/mol. The molecule has 0 aliphatic carbocycles. The van der Waals surface area contributed by atoms with E-state index >= 15 is 9.18 Å². The average molecular weight is 1340 g/mol. The van der Waals surface area contributed by atoms with Gasteiger partial charge in [0.2, 0.25) is 17.7 Å². The summed E-state index contributed by atoms with van der Waals surface area (Å²) in [5.41, 5.74) is 3.82. The van der Waals surface area contributed by atoms with Gasteiger partial charge in [0.05, 0.1) is 113 Å². The number of carbonyl (C=O) groups is 5. The van der Waals surface area contributed by atoms with Gasteiger partial charge in [0.15, 0.2) is 0 Å². The standard InChI is InChI=1S/C68H77Cl2FN12O12/c1-45(2)95-59-41-52(90-3)20-21-55(59)65-73-63(47-12-16-49(69)17-13-47)64(48-14-18-50(70)19-15-48)83(65)68(89)81-29-28-80(62(86)44-81)43-60(84)72-23-31-91-33-35-93-37-38-94-36-34-92-32-30-82-42-51(74-77-82)7-6-10-61(85)78-24-26-79(27-25-78)67(88)56-39-46(11-22-57(56)71)40-58-53-8-4-5-9-54(53)66(87)76-75-58/h4-5,8-9,11-22,39,41-42,45,63-64H,6-7,10,23-38,40,43-44H2,1-3H3,(H,72,84)(H,76,87). The molecule has 0 spiro atoms. The Balaban J connectivity index is 0.559. The number of nitrogens with one attached hydrogen (secondary N) is 2. The van der Waals surface area contributed by atoms with Crippen LogP contribution in [0.1, 0.15) is 82.8 Å². The number of H-pyrrole nitrogens is 1. The maximum absolute atomic E-state index is 15.1. The SMILES string of the molecule is COc1ccc(C2=NC(c3ccc(Cl)cc3)C(c3ccc(Cl)cc3)N2C(=O)N2CCN(CC(=O)NCCOCCOCCOCCOCCn3cc(CCCC(=O)N4CCN(C(=O)c5cc(Cc6n[nH]c(=O)c7ccccc67)ccc5F)CC4)nn3)C(=O)C2)c(OC(C)C)c1. The molecule has 0 bridgehead atoms. The van der Waals surface area contributed by atoms with Crippen LogP contribution >= 0.6 is 23.2 Å². The third-order valence-electron chi connectivity index (χ3n) is 16.3. The first kappa shape index (κ1) is 69.0. The molecule has 6 amide bonds. The number of aliphatic imine (C=N–C) groups is 1. The molecule has 0 radical (unpaired) electrons. The fraction of sp³-hybridized carbons (Fsp3) is 0.412. The van der Waals surface area contributed by atoms with Gasteiger partial charge in [0.25, 0.3) is 11.5 Å². The third kappa shape index (κ3) is 18.3. The Morgan fingerprint density at radius 3 is 2.07 bits per heavy atom. The molecule has 2 aromatic heterocycles. The first-order valence-electron chi connectivity index (χ1n) is 31.7. The van der Waals surface area contributed by atoms with Crippen LogP contribution in [0.5, 0.6) is 11.5 Å². The average Bonchev–Trinajstić information content (AvgIpc) is 1.61. The largest absolute Gasteiger partial charge is 0.497 e. The molecule has 3 aliphatic heterocycles. The molecule has 27 heteroatoms. The summed E-state index contributed by atoms with van der Waals surface area (Å²) in [5, 5.41) is 20.2. The van der Waals surface area contributed by atoms with Gasteiger partial charge in [-0.3, -0.25) is 33.9 Å². The van der Waals surface area contributed by atoms with Crippen molar-refractivity contribution in [3.05, 3.63) is 181 Å². The molecule has 502 valence electrons. The lowest BCUT2D eigenvalue weighted by Gasteiger charge is -2.38. The number of aromatic nitrogens is 5. The molecule has 2 atom stereocenters. The Bertz CT molecular complexity index is 3890. The van der Waals surface area contributed by atoms with Crippen molar-refractivity contribution in [1.82, 2.24) is 55.0 Å². The number of halogens is 3. The number of aromatic amines is 1. The summed E-state index contributed by atoms with van der Waals surface area (Å²) in [4.78, 5) is 93.8. The normalized spacial score (nSPS) is 15.8. The van der Waals surface area contributed by atoms with Crippen LogP contribution < -0.4 is 20.3 Å². The number of urea groups is 1. The highest BCUT2D eigenvalue weighted by molar-refractivity contribution is 6.30. The number of ether oxygens (including phenoxy) is 6. The number of nitrogens with zero attached hydrogens (tertiary/aromatic N) is 10. The highest BCUT2D eigenvalue weighted by atomic mass is 35.5. The second-order valence-electron chi connectivity index (χ2n) is 23.2. The second kappa shape index (κ2) is 33.5. The van der Waals surface area contributed by atoms with Gasteiger partial charge in [-0.25, -0.2) is 19.0 Å². The van der Waals surface area contributed by atoms with Gasteiger partial charge < -0.3 is 53.3 Å². The molecule has 2 saturated heterocycles. The lowest BCUT2D eigenvalue weighted by atomic mass is 9.93. The highest BCUT2D eigenvalue weighted by Crippen LogP contribution is 2.46. The summed E-state index contributed by atoms with van der Waals surface area (Å²) < 4.78 is 51.2. The number of hydrogen-bond acceptors (Lipinski definition) is 16. The van der Waals surface area contributed by atoms with Gasteiger partial charge in [-0.1, -0.05) is 76.9 Å².